The first kappa shape index (κ1) is 22.3. The third kappa shape index (κ3) is 3.31. The summed E-state index contributed by atoms with van der Waals surface area (Å²) in [5, 5.41) is 0. The van der Waals surface area contributed by atoms with Gasteiger partial charge in [0.1, 0.15) is 0 Å². The van der Waals surface area contributed by atoms with Gasteiger partial charge >= 0.3 is 7.82 Å². The lowest BCUT2D eigenvalue weighted by Crippen LogP contribution is -2.38. The van der Waals surface area contributed by atoms with E-state index in [-0.39, 0.29) is 6.61 Å². The number of phosphoric acid groups is 1. The Bertz CT molecular complexity index is 1420. The SMILES string of the molecule is Cc1ccc2c(c1)-c1cc(C)ccc1C21c2ccccc2N(CCOP(=O)(O)O)c2ccccc21. The van der Waals surface area contributed by atoms with Crippen molar-refractivity contribution in [2.45, 2.75) is 19.3 Å². The smallest absolute Gasteiger partial charge is 0.339 e. The lowest BCUT2D eigenvalue weighted by Gasteiger charge is -2.45. The third-order valence-electron chi connectivity index (χ3n) is 7.22. The molecule has 0 unspecified atom stereocenters. The third-order valence-corrected chi connectivity index (χ3v) is 7.74. The van der Waals surface area contributed by atoms with Gasteiger partial charge in [0.15, 0.2) is 0 Å². The fourth-order valence-corrected chi connectivity index (χ4v) is 6.28. The van der Waals surface area contributed by atoms with Crippen LogP contribution in [-0.2, 0) is 14.5 Å². The Kier molecular flexibility index (Phi) is 5.03. The van der Waals surface area contributed by atoms with Gasteiger partial charge < -0.3 is 14.7 Å². The second-order valence-electron chi connectivity index (χ2n) is 9.36. The van der Waals surface area contributed by atoms with Crippen LogP contribution in [-0.4, -0.2) is 22.9 Å². The van der Waals surface area contributed by atoms with Gasteiger partial charge in [-0.2, -0.15) is 0 Å². The quantitative estimate of drug-likeness (QED) is 0.297. The Morgan fingerprint density at radius 2 is 1.23 bits per heavy atom. The standard InChI is InChI=1S/C29H26NO4P/c1-19-11-13-23-21(17-19)22-18-20(2)12-14-24(22)29(23)25-7-3-5-9-27(25)30(15-16-34-35(31,32)33)28-10-6-4-8-26(28)29/h3-14,17-18H,15-16H2,1-2H3,(H2,31,32,33). The molecule has 1 heterocycles. The lowest BCUT2D eigenvalue weighted by molar-refractivity contribution is 0.202. The molecule has 0 fully saturated rings. The van der Waals surface area contributed by atoms with E-state index in [4.69, 9.17) is 4.52 Å². The van der Waals surface area contributed by atoms with Crippen molar-refractivity contribution in [2.75, 3.05) is 18.1 Å². The number of fused-ring (bicyclic) bond motifs is 9. The van der Waals surface area contributed by atoms with Crippen molar-refractivity contribution in [3.8, 4) is 11.1 Å². The normalized spacial score (nSPS) is 14.9. The van der Waals surface area contributed by atoms with Crippen LogP contribution in [0.1, 0.15) is 33.4 Å². The molecule has 2 N–H and O–H groups in total. The molecule has 0 saturated heterocycles. The maximum atomic E-state index is 11.4. The lowest BCUT2D eigenvalue weighted by atomic mass is 9.64. The summed E-state index contributed by atoms with van der Waals surface area (Å²) in [5.41, 5.74) is 11.3. The summed E-state index contributed by atoms with van der Waals surface area (Å²) in [4.78, 5) is 20.6. The summed E-state index contributed by atoms with van der Waals surface area (Å²) in [6.45, 7) is 4.49. The topological polar surface area (TPSA) is 70.0 Å². The molecule has 176 valence electrons. The van der Waals surface area contributed by atoms with Gasteiger partial charge in [0.25, 0.3) is 0 Å². The van der Waals surface area contributed by atoms with E-state index in [1.54, 1.807) is 0 Å². The molecule has 6 rings (SSSR count). The highest BCUT2D eigenvalue weighted by atomic mass is 31.2. The van der Waals surface area contributed by atoms with Gasteiger partial charge in [-0.05, 0) is 59.4 Å². The van der Waals surface area contributed by atoms with Crippen molar-refractivity contribution in [3.05, 3.63) is 118 Å². The second-order valence-corrected chi connectivity index (χ2v) is 10.6. The summed E-state index contributed by atoms with van der Waals surface area (Å²) < 4.78 is 16.2. The minimum absolute atomic E-state index is 0.0918. The fourth-order valence-electron chi connectivity index (χ4n) is 5.96. The molecule has 1 aliphatic heterocycles. The number of hydrogen-bond acceptors (Lipinski definition) is 3. The van der Waals surface area contributed by atoms with Gasteiger partial charge in [0.05, 0.1) is 12.0 Å². The molecule has 4 aromatic rings. The summed E-state index contributed by atoms with van der Waals surface area (Å²) in [5.74, 6) is 0. The van der Waals surface area contributed by atoms with Crippen LogP contribution >= 0.6 is 7.82 Å². The Morgan fingerprint density at radius 3 is 1.71 bits per heavy atom. The molecular formula is C29H26NO4P. The zero-order valence-electron chi connectivity index (χ0n) is 19.6. The van der Waals surface area contributed by atoms with E-state index >= 15 is 0 Å². The van der Waals surface area contributed by atoms with Crippen molar-refractivity contribution in [3.63, 3.8) is 0 Å². The molecule has 0 aromatic heterocycles. The number of benzene rings is 4. The first-order valence-corrected chi connectivity index (χ1v) is 13.2. The van der Waals surface area contributed by atoms with Crippen LogP contribution in [0, 0.1) is 13.8 Å². The number of phosphoric ester groups is 1. The van der Waals surface area contributed by atoms with E-state index < -0.39 is 13.2 Å². The molecule has 35 heavy (non-hydrogen) atoms. The predicted molar refractivity (Wildman–Crippen MR) is 138 cm³/mol. The fraction of sp³-hybridized carbons (Fsp3) is 0.172. The Hall–Kier alpha value is -3.21. The molecular weight excluding hydrogens is 457 g/mol. The summed E-state index contributed by atoms with van der Waals surface area (Å²) in [6.07, 6.45) is 0. The van der Waals surface area contributed by atoms with Gasteiger partial charge in [-0.3, -0.25) is 4.52 Å². The zero-order chi connectivity index (χ0) is 24.4. The van der Waals surface area contributed by atoms with E-state index in [9.17, 15) is 14.4 Å². The molecule has 0 atom stereocenters. The summed E-state index contributed by atoms with van der Waals surface area (Å²) in [7, 11) is -4.55. The molecule has 2 aliphatic rings. The van der Waals surface area contributed by atoms with Crippen LogP contribution in [0.3, 0.4) is 0 Å². The number of nitrogens with zero attached hydrogens (tertiary/aromatic N) is 1. The average molecular weight is 484 g/mol. The van der Waals surface area contributed by atoms with E-state index in [0.29, 0.717) is 6.54 Å². The molecule has 1 aliphatic carbocycles. The van der Waals surface area contributed by atoms with Crippen molar-refractivity contribution in [1.29, 1.82) is 0 Å². The highest BCUT2D eigenvalue weighted by Gasteiger charge is 2.51. The van der Waals surface area contributed by atoms with E-state index in [1.165, 1.54) is 33.4 Å². The molecule has 6 heteroatoms. The van der Waals surface area contributed by atoms with Gasteiger partial charge in [-0.25, -0.2) is 4.57 Å². The van der Waals surface area contributed by atoms with Crippen LogP contribution in [0.25, 0.3) is 11.1 Å². The maximum Gasteiger partial charge on any atom is 0.469 e. The molecule has 1 spiro atoms. The monoisotopic (exact) mass is 483 g/mol. The largest absolute Gasteiger partial charge is 0.469 e. The highest BCUT2D eigenvalue weighted by Crippen LogP contribution is 2.62. The van der Waals surface area contributed by atoms with Gasteiger partial charge in [0, 0.05) is 17.9 Å². The number of para-hydroxylation sites is 2. The minimum atomic E-state index is -4.55. The van der Waals surface area contributed by atoms with Crippen molar-refractivity contribution in [2.24, 2.45) is 0 Å². The molecule has 0 radical (unpaired) electrons. The zero-order valence-corrected chi connectivity index (χ0v) is 20.5. The summed E-state index contributed by atoms with van der Waals surface area (Å²) >= 11 is 0. The van der Waals surface area contributed by atoms with Crippen LogP contribution in [0.15, 0.2) is 84.9 Å². The average Bonchev–Trinajstić information content (AvgIpc) is 3.10. The number of hydrogen-bond donors (Lipinski definition) is 2. The number of anilines is 2. The van der Waals surface area contributed by atoms with E-state index in [1.807, 2.05) is 12.1 Å². The van der Waals surface area contributed by atoms with Crippen LogP contribution < -0.4 is 4.90 Å². The Morgan fingerprint density at radius 1 is 0.743 bits per heavy atom. The first-order chi connectivity index (χ1) is 16.8. The Labute approximate surface area is 204 Å². The summed E-state index contributed by atoms with van der Waals surface area (Å²) in [6, 6.07) is 30.2. The van der Waals surface area contributed by atoms with Crippen LogP contribution in [0.2, 0.25) is 0 Å². The van der Waals surface area contributed by atoms with Crippen molar-refractivity contribution >= 4 is 19.2 Å². The van der Waals surface area contributed by atoms with E-state index in [0.717, 1.165) is 22.5 Å². The molecule has 0 saturated carbocycles. The Balaban J connectivity index is 1.66. The predicted octanol–water partition coefficient (Wildman–Crippen LogP) is 6.23. The molecule has 0 amide bonds. The van der Waals surface area contributed by atoms with Crippen molar-refractivity contribution in [1.82, 2.24) is 0 Å². The van der Waals surface area contributed by atoms with Gasteiger partial charge in [-0.15, -0.1) is 0 Å². The van der Waals surface area contributed by atoms with E-state index in [2.05, 4.69) is 91.5 Å². The van der Waals surface area contributed by atoms with Crippen LogP contribution in [0.5, 0.6) is 0 Å². The van der Waals surface area contributed by atoms with Gasteiger partial charge in [-0.1, -0.05) is 83.9 Å². The van der Waals surface area contributed by atoms with Crippen LogP contribution in [0.4, 0.5) is 11.4 Å². The molecule has 4 aromatic carbocycles. The maximum absolute atomic E-state index is 11.4. The first-order valence-electron chi connectivity index (χ1n) is 11.7. The highest BCUT2D eigenvalue weighted by molar-refractivity contribution is 7.46. The number of rotatable bonds is 4. The van der Waals surface area contributed by atoms with Crippen molar-refractivity contribution < 1.29 is 18.9 Å². The molecule has 0 bridgehead atoms. The van der Waals surface area contributed by atoms with Gasteiger partial charge in [0.2, 0.25) is 0 Å². The molecule has 5 nitrogen and oxygen atoms in total. The minimum Gasteiger partial charge on any atom is -0.339 e. The second kappa shape index (κ2) is 7.91. The number of aryl methyl sites for hydroxylation is 2.